The SMILES string of the molecule is NC(=S)c1cc(F)c(N2CCCCC2)c(F)c1. The Hall–Kier alpha value is -1.23. The minimum Gasteiger partial charge on any atom is -0.389 e. The van der Waals surface area contributed by atoms with Crippen molar-refractivity contribution in [2.75, 3.05) is 18.0 Å². The van der Waals surface area contributed by atoms with Gasteiger partial charge in [0.2, 0.25) is 0 Å². The molecular weight excluding hydrogens is 242 g/mol. The van der Waals surface area contributed by atoms with Gasteiger partial charge in [0, 0.05) is 18.7 Å². The van der Waals surface area contributed by atoms with Crippen LogP contribution in [0.15, 0.2) is 12.1 Å². The number of piperidine rings is 1. The highest BCUT2D eigenvalue weighted by atomic mass is 32.1. The van der Waals surface area contributed by atoms with Crippen LogP contribution in [-0.2, 0) is 0 Å². The molecule has 1 aromatic carbocycles. The van der Waals surface area contributed by atoms with E-state index >= 15 is 0 Å². The van der Waals surface area contributed by atoms with E-state index in [0.29, 0.717) is 13.1 Å². The first-order valence-corrected chi connectivity index (χ1v) is 6.04. The Balaban J connectivity index is 2.37. The van der Waals surface area contributed by atoms with Gasteiger partial charge in [-0.15, -0.1) is 0 Å². The van der Waals surface area contributed by atoms with Gasteiger partial charge in [-0.05, 0) is 31.4 Å². The van der Waals surface area contributed by atoms with E-state index < -0.39 is 11.6 Å². The van der Waals surface area contributed by atoms with E-state index in [1.807, 2.05) is 0 Å². The Morgan fingerprint density at radius 1 is 1.12 bits per heavy atom. The molecular formula is C12H14F2N2S. The van der Waals surface area contributed by atoms with Crippen molar-refractivity contribution in [3.8, 4) is 0 Å². The molecule has 0 spiro atoms. The van der Waals surface area contributed by atoms with Crippen LogP contribution in [-0.4, -0.2) is 18.1 Å². The average molecular weight is 256 g/mol. The van der Waals surface area contributed by atoms with Crippen LogP contribution in [0.5, 0.6) is 0 Å². The summed E-state index contributed by atoms with van der Waals surface area (Å²) in [5, 5.41) is 0. The van der Waals surface area contributed by atoms with Crippen LogP contribution in [0.1, 0.15) is 24.8 Å². The summed E-state index contributed by atoms with van der Waals surface area (Å²) in [4.78, 5) is 1.75. The summed E-state index contributed by atoms with van der Waals surface area (Å²) >= 11 is 4.71. The second-order valence-corrected chi connectivity index (χ2v) is 4.64. The highest BCUT2D eigenvalue weighted by Gasteiger charge is 2.20. The lowest BCUT2D eigenvalue weighted by molar-refractivity contribution is 0.530. The number of hydrogen-bond donors (Lipinski definition) is 1. The second-order valence-electron chi connectivity index (χ2n) is 4.20. The van der Waals surface area contributed by atoms with Gasteiger partial charge >= 0.3 is 0 Å². The number of benzene rings is 1. The lowest BCUT2D eigenvalue weighted by Crippen LogP contribution is -2.31. The first-order chi connectivity index (χ1) is 8.09. The van der Waals surface area contributed by atoms with Crippen molar-refractivity contribution in [1.82, 2.24) is 0 Å². The lowest BCUT2D eigenvalue weighted by Gasteiger charge is -2.29. The molecule has 1 heterocycles. The Morgan fingerprint density at radius 3 is 2.12 bits per heavy atom. The molecule has 0 aliphatic carbocycles. The third kappa shape index (κ3) is 2.54. The second kappa shape index (κ2) is 4.96. The van der Waals surface area contributed by atoms with Crippen molar-refractivity contribution < 1.29 is 8.78 Å². The molecule has 2 N–H and O–H groups in total. The van der Waals surface area contributed by atoms with Crippen LogP contribution in [0.4, 0.5) is 14.5 Å². The number of anilines is 1. The fraction of sp³-hybridized carbons (Fsp3) is 0.417. The summed E-state index contributed by atoms with van der Waals surface area (Å²) in [6.45, 7) is 1.39. The standard InChI is InChI=1S/C12H14F2N2S/c13-9-6-8(12(15)17)7-10(14)11(9)16-4-2-1-3-5-16/h6-7H,1-5H2,(H2,15,17). The molecule has 1 fully saturated rings. The summed E-state index contributed by atoms with van der Waals surface area (Å²) < 4.78 is 27.7. The zero-order valence-corrected chi connectivity index (χ0v) is 10.2. The Labute approximate surface area is 104 Å². The molecule has 0 bridgehead atoms. The zero-order valence-electron chi connectivity index (χ0n) is 9.38. The Kier molecular flexibility index (Phi) is 3.57. The highest BCUT2D eigenvalue weighted by Crippen LogP contribution is 2.27. The molecule has 2 nitrogen and oxygen atoms in total. The quantitative estimate of drug-likeness (QED) is 0.825. The van der Waals surface area contributed by atoms with Crippen LogP contribution in [0, 0.1) is 11.6 Å². The topological polar surface area (TPSA) is 29.3 Å². The van der Waals surface area contributed by atoms with Gasteiger partial charge in [0.05, 0.1) is 0 Å². The molecule has 0 saturated carbocycles. The van der Waals surface area contributed by atoms with E-state index in [4.69, 9.17) is 18.0 Å². The zero-order chi connectivity index (χ0) is 12.4. The number of rotatable bonds is 2. The summed E-state index contributed by atoms with van der Waals surface area (Å²) in [5.41, 5.74) is 5.64. The van der Waals surface area contributed by atoms with Crippen molar-refractivity contribution in [3.05, 3.63) is 29.3 Å². The van der Waals surface area contributed by atoms with Gasteiger partial charge in [0.1, 0.15) is 22.3 Å². The molecule has 0 amide bonds. The summed E-state index contributed by atoms with van der Waals surface area (Å²) in [5.74, 6) is -1.18. The maximum absolute atomic E-state index is 13.9. The van der Waals surface area contributed by atoms with Crippen LogP contribution < -0.4 is 10.6 Å². The Morgan fingerprint density at radius 2 is 1.65 bits per heavy atom. The summed E-state index contributed by atoms with van der Waals surface area (Å²) in [6.07, 6.45) is 3.05. The first kappa shape index (κ1) is 12.2. The molecule has 0 radical (unpaired) electrons. The maximum Gasteiger partial charge on any atom is 0.150 e. The van der Waals surface area contributed by atoms with E-state index in [9.17, 15) is 8.78 Å². The van der Waals surface area contributed by atoms with Crippen molar-refractivity contribution >= 4 is 22.9 Å². The van der Waals surface area contributed by atoms with Crippen LogP contribution in [0.25, 0.3) is 0 Å². The number of nitrogens with zero attached hydrogens (tertiary/aromatic N) is 1. The predicted molar refractivity (Wildman–Crippen MR) is 68.3 cm³/mol. The predicted octanol–water partition coefficient (Wildman–Crippen LogP) is 2.59. The van der Waals surface area contributed by atoms with Gasteiger partial charge in [-0.1, -0.05) is 12.2 Å². The van der Waals surface area contributed by atoms with E-state index in [-0.39, 0.29) is 16.2 Å². The number of thiocarbonyl (C=S) groups is 1. The normalized spacial score (nSPS) is 16.0. The van der Waals surface area contributed by atoms with Crippen molar-refractivity contribution in [1.29, 1.82) is 0 Å². The van der Waals surface area contributed by atoms with Gasteiger partial charge < -0.3 is 10.6 Å². The molecule has 1 saturated heterocycles. The average Bonchev–Trinajstić information content (AvgIpc) is 2.29. The first-order valence-electron chi connectivity index (χ1n) is 5.63. The van der Waals surface area contributed by atoms with E-state index in [0.717, 1.165) is 19.3 Å². The smallest absolute Gasteiger partial charge is 0.150 e. The number of halogens is 2. The minimum atomic E-state index is -0.588. The van der Waals surface area contributed by atoms with E-state index in [1.165, 1.54) is 12.1 Å². The van der Waals surface area contributed by atoms with Crippen LogP contribution in [0.3, 0.4) is 0 Å². The molecule has 0 atom stereocenters. The minimum absolute atomic E-state index is 0.00740. The monoisotopic (exact) mass is 256 g/mol. The fourth-order valence-corrected chi connectivity index (χ4v) is 2.25. The van der Waals surface area contributed by atoms with Crippen molar-refractivity contribution in [3.63, 3.8) is 0 Å². The number of hydrogen-bond acceptors (Lipinski definition) is 2. The summed E-state index contributed by atoms with van der Waals surface area (Å²) in [6, 6.07) is 2.41. The van der Waals surface area contributed by atoms with Gasteiger partial charge in [0.15, 0.2) is 0 Å². The van der Waals surface area contributed by atoms with Crippen LogP contribution >= 0.6 is 12.2 Å². The molecule has 92 valence electrons. The van der Waals surface area contributed by atoms with E-state index in [1.54, 1.807) is 4.90 Å². The fourth-order valence-electron chi connectivity index (χ4n) is 2.13. The maximum atomic E-state index is 13.9. The molecule has 1 aliphatic rings. The molecule has 17 heavy (non-hydrogen) atoms. The molecule has 0 aromatic heterocycles. The molecule has 5 heteroatoms. The molecule has 1 aliphatic heterocycles. The molecule has 1 aromatic rings. The van der Waals surface area contributed by atoms with Crippen LogP contribution in [0.2, 0.25) is 0 Å². The molecule has 0 unspecified atom stereocenters. The molecule has 2 rings (SSSR count). The van der Waals surface area contributed by atoms with Crippen molar-refractivity contribution in [2.45, 2.75) is 19.3 Å². The Bertz CT molecular complexity index is 419. The van der Waals surface area contributed by atoms with Gasteiger partial charge in [-0.25, -0.2) is 8.78 Å². The van der Waals surface area contributed by atoms with E-state index in [2.05, 4.69) is 0 Å². The highest BCUT2D eigenvalue weighted by molar-refractivity contribution is 7.80. The summed E-state index contributed by atoms with van der Waals surface area (Å²) in [7, 11) is 0. The van der Waals surface area contributed by atoms with Crippen molar-refractivity contribution in [2.24, 2.45) is 5.73 Å². The van der Waals surface area contributed by atoms with Gasteiger partial charge in [-0.2, -0.15) is 0 Å². The number of nitrogens with two attached hydrogens (primary N) is 1. The third-order valence-electron chi connectivity index (χ3n) is 2.97. The third-order valence-corrected chi connectivity index (χ3v) is 3.21. The van der Waals surface area contributed by atoms with Gasteiger partial charge in [0.25, 0.3) is 0 Å². The lowest BCUT2D eigenvalue weighted by atomic mass is 10.1. The van der Waals surface area contributed by atoms with Gasteiger partial charge in [-0.3, -0.25) is 0 Å². The largest absolute Gasteiger partial charge is 0.389 e.